The number of aliphatic carboxylic acids is 1. The fraction of sp³-hybridized carbons (Fsp3) is 0.364. The molecule has 1 aromatic rings. The van der Waals surface area contributed by atoms with Crippen LogP contribution in [0.25, 0.3) is 0 Å². The minimum Gasteiger partial charge on any atom is -0.492 e. The van der Waals surface area contributed by atoms with Gasteiger partial charge in [0.1, 0.15) is 0 Å². The van der Waals surface area contributed by atoms with Gasteiger partial charge >= 0.3 is 5.97 Å². The van der Waals surface area contributed by atoms with Gasteiger partial charge in [-0.05, 0) is 34.0 Å². The summed E-state index contributed by atoms with van der Waals surface area (Å²) < 4.78 is 32.0. The zero-order chi connectivity index (χ0) is 13.2. The third-order valence-electron chi connectivity index (χ3n) is 2.34. The summed E-state index contributed by atoms with van der Waals surface area (Å²) in [4.78, 5) is 10.7. The lowest BCUT2D eigenvalue weighted by Gasteiger charge is -2.11. The van der Waals surface area contributed by atoms with Gasteiger partial charge in [-0.3, -0.25) is 4.79 Å². The minimum atomic E-state index is -1.12. The molecular formula is C11H11BrF2O3. The summed E-state index contributed by atoms with van der Waals surface area (Å²) in [5.41, 5.74) is 0.00470. The molecule has 0 aliphatic heterocycles. The van der Waals surface area contributed by atoms with Crippen molar-refractivity contribution in [2.24, 2.45) is 5.92 Å². The second-order valence-corrected chi connectivity index (χ2v) is 4.48. The number of carboxylic acid groups (broad SMARTS) is 1. The first-order valence-corrected chi connectivity index (χ1v) is 5.61. The molecule has 0 aromatic heterocycles. The van der Waals surface area contributed by atoms with Crippen LogP contribution in [0.4, 0.5) is 8.78 Å². The van der Waals surface area contributed by atoms with E-state index in [4.69, 9.17) is 5.11 Å². The normalized spacial score (nSPS) is 12.3. The average molecular weight is 309 g/mol. The minimum absolute atomic E-state index is 0.00470. The summed E-state index contributed by atoms with van der Waals surface area (Å²) in [5, 5.41) is 8.72. The SMILES string of the molecule is COc1c(Br)cc(CC(C)C(=O)O)c(F)c1F. The molecule has 6 heteroatoms. The number of carbonyl (C=O) groups is 1. The van der Waals surface area contributed by atoms with Crippen LogP contribution in [-0.2, 0) is 11.2 Å². The van der Waals surface area contributed by atoms with Crippen molar-refractivity contribution < 1.29 is 23.4 Å². The summed E-state index contributed by atoms with van der Waals surface area (Å²) in [7, 11) is 1.22. The van der Waals surface area contributed by atoms with Crippen molar-refractivity contribution in [3.8, 4) is 5.75 Å². The van der Waals surface area contributed by atoms with Crippen LogP contribution in [0.1, 0.15) is 12.5 Å². The number of ether oxygens (including phenoxy) is 1. The predicted octanol–water partition coefficient (Wildman–Crippen LogP) is 3.00. The molecule has 94 valence electrons. The van der Waals surface area contributed by atoms with Crippen molar-refractivity contribution in [2.75, 3.05) is 7.11 Å². The Morgan fingerprint density at radius 3 is 2.59 bits per heavy atom. The number of carboxylic acids is 1. The molecule has 1 unspecified atom stereocenters. The lowest BCUT2D eigenvalue weighted by atomic mass is 10.0. The highest BCUT2D eigenvalue weighted by Gasteiger charge is 2.21. The van der Waals surface area contributed by atoms with Gasteiger partial charge in [-0.25, -0.2) is 4.39 Å². The summed E-state index contributed by atoms with van der Waals surface area (Å²) in [6, 6.07) is 1.33. The summed E-state index contributed by atoms with van der Waals surface area (Å²) >= 11 is 3.04. The lowest BCUT2D eigenvalue weighted by Crippen LogP contribution is -2.14. The molecule has 0 saturated carbocycles. The number of methoxy groups -OCH3 is 1. The van der Waals surface area contributed by atoms with Crippen LogP contribution in [0.2, 0.25) is 0 Å². The van der Waals surface area contributed by atoms with Crippen LogP contribution in [0.3, 0.4) is 0 Å². The number of hydrogen-bond acceptors (Lipinski definition) is 2. The van der Waals surface area contributed by atoms with Crippen LogP contribution < -0.4 is 4.74 Å². The average Bonchev–Trinajstić information content (AvgIpc) is 2.26. The molecule has 0 radical (unpaired) electrons. The molecule has 0 fully saturated rings. The molecule has 17 heavy (non-hydrogen) atoms. The van der Waals surface area contributed by atoms with Crippen LogP contribution in [0.15, 0.2) is 10.5 Å². The monoisotopic (exact) mass is 308 g/mol. The van der Waals surface area contributed by atoms with Crippen molar-refractivity contribution in [2.45, 2.75) is 13.3 Å². The van der Waals surface area contributed by atoms with Crippen molar-refractivity contribution in [1.82, 2.24) is 0 Å². The van der Waals surface area contributed by atoms with E-state index in [2.05, 4.69) is 20.7 Å². The molecule has 0 amide bonds. The van der Waals surface area contributed by atoms with E-state index in [0.29, 0.717) is 0 Å². The van der Waals surface area contributed by atoms with Gasteiger partial charge in [-0.15, -0.1) is 0 Å². The van der Waals surface area contributed by atoms with Gasteiger partial charge in [0.05, 0.1) is 17.5 Å². The maximum atomic E-state index is 13.6. The van der Waals surface area contributed by atoms with Crippen LogP contribution in [0, 0.1) is 17.6 Å². The lowest BCUT2D eigenvalue weighted by molar-refractivity contribution is -0.141. The Labute approximate surface area is 106 Å². The van der Waals surface area contributed by atoms with Gasteiger partial charge in [0.2, 0.25) is 5.82 Å². The number of halogens is 3. The van der Waals surface area contributed by atoms with Gasteiger partial charge in [-0.2, -0.15) is 4.39 Å². The highest BCUT2D eigenvalue weighted by molar-refractivity contribution is 9.10. The van der Waals surface area contributed by atoms with E-state index in [9.17, 15) is 13.6 Å². The Kier molecular flexibility index (Phi) is 4.45. The molecule has 0 heterocycles. The van der Waals surface area contributed by atoms with E-state index in [0.717, 1.165) is 0 Å². The fourth-order valence-corrected chi connectivity index (χ4v) is 1.99. The Bertz CT molecular complexity index is 449. The number of rotatable bonds is 4. The van der Waals surface area contributed by atoms with Gasteiger partial charge in [0, 0.05) is 0 Å². The molecule has 0 spiro atoms. The standard InChI is InChI=1S/C11H11BrF2O3/c1-5(11(15)16)3-6-4-7(12)10(17-2)9(14)8(6)13/h4-5H,3H2,1-2H3,(H,15,16). The molecule has 1 rings (SSSR count). The fourth-order valence-electron chi connectivity index (χ4n) is 1.38. The van der Waals surface area contributed by atoms with Gasteiger partial charge in [0.15, 0.2) is 11.6 Å². The second-order valence-electron chi connectivity index (χ2n) is 3.62. The first-order valence-electron chi connectivity index (χ1n) is 4.81. The molecule has 0 bridgehead atoms. The van der Waals surface area contributed by atoms with Crippen LogP contribution >= 0.6 is 15.9 Å². The van der Waals surface area contributed by atoms with Crippen molar-refractivity contribution in [1.29, 1.82) is 0 Å². The van der Waals surface area contributed by atoms with Crippen LogP contribution in [-0.4, -0.2) is 18.2 Å². The molecule has 0 aliphatic carbocycles. The quantitative estimate of drug-likeness (QED) is 0.870. The molecule has 1 N–H and O–H groups in total. The van der Waals surface area contributed by atoms with Gasteiger partial charge < -0.3 is 9.84 Å². The van der Waals surface area contributed by atoms with Gasteiger partial charge in [-0.1, -0.05) is 6.92 Å². The van der Waals surface area contributed by atoms with E-state index in [1.807, 2.05) is 0 Å². The molecular weight excluding hydrogens is 298 g/mol. The third kappa shape index (κ3) is 2.94. The molecule has 1 atom stereocenters. The van der Waals surface area contributed by atoms with Crippen molar-refractivity contribution in [3.63, 3.8) is 0 Å². The van der Waals surface area contributed by atoms with Gasteiger partial charge in [0.25, 0.3) is 0 Å². The maximum absolute atomic E-state index is 13.6. The maximum Gasteiger partial charge on any atom is 0.306 e. The summed E-state index contributed by atoms with van der Waals surface area (Å²) in [6.45, 7) is 1.43. The molecule has 0 saturated heterocycles. The molecule has 1 aromatic carbocycles. The predicted molar refractivity (Wildman–Crippen MR) is 61.1 cm³/mol. The first-order chi connectivity index (χ1) is 7.88. The van der Waals surface area contributed by atoms with E-state index in [-0.39, 0.29) is 22.2 Å². The summed E-state index contributed by atoms with van der Waals surface area (Å²) in [6.07, 6.45) is -0.0827. The smallest absolute Gasteiger partial charge is 0.306 e. The van der Waals surface area contributed by atoms with E-state index >= 15 is 0 Å². The summed E-state index contributed by atoms with van der Waals surface area (Å²) in [5.74, 6) is -4.26. The highest BCUT2D eigenvalue weighted by Crippen LogP contribution is 2.32. The Morgan fingerprint density at radius 2 is 2.12 bits per heavy atom. The second kappa shape index (κ2) is 5.44. The topological polar surface area (TPSA) is 46.5 Å². The van der Waals surface area contributed by atoms with E-state index in [1.54, 1.807) is 0 Å². The van der Waals surface area contributed by atoms with Crippen molar-refractivity contribution in [3.05, 3.63) is 27.7 Å². The molecule has 0 aliphatic rings. The van der Waals surface area contributed by atoms with Crippen molar-refractivity contribution >= 4 is 21.9 Å². The third-order valence-corrected chi connectivity index (χ3v) is 2.93. The number of benzene rings is 1. The molecule has 3 nitrogen and oxygen atoms in total. The number of hydrogen-bond donors (Lipinski definition) is 1. The van der Waals surface area contributed by atoms with E-state index in [1.165, 1.54) is 20.1 Å². The zero-order valence-corrected chi connectivity index (χ0v) is 10.8. The Morgan fingerprint density at radius 1 is 1.53 bits per heavy atom. The van der Waals surface area contributed by atoms with E-state index < -0.39 is 23.5 Å². The Balaban J connectivity index is 3.15. The Hall–Kier alpha value is -1.17. The van der Waals surface area contributed by atoms with Crippen LogP contribution in [0.5, 0.6) is 5.75 Å². The zero-order valence-electron chi connectivity index (χ0n) is 9.26. The largest absolute Gasteiger partial charge is 0.492 e. The first kappa shape index (κ1) is 13.9. The highest BCUT2D eigenvalue weighted by atomic mass is 79.9.